The second-order valence-electron chi connectivity index (χ2n) is 2.58. The summed E-state index contributed by atoms with van der Waals surface area (Å²) in [6, 6.07) is 1.85. The van der Waals surface area contributed by atoms with Crippen LogP contribution in [0.2, 0.25) is 0 Å². The zero-order valence-electron chi connectivity index (χ0n) is 7.16. The number of thiophene rings is 1. The molecule has 0 atom stereocenters. The van der Waals surface area contributed by atoms with Gasteiger partial charge in [0.15, 0.2) is 0 Å². The van der Waals surface area contributed by atoms with E-state index in [2.05, 4.69) is 5.32 Å². The van der Waals surface area contributed by atoms with Crippen molar-refractivity contribution in [3.8, 4) is 0 Å². The van der Waals surface area contributed by atoms with Crippen molar-refractivity contribution in [3.05, 3.63) is 21.9 Å². The second kappa shape index (κ2) is 4.04. The molecule has 0 aliphatic rings. The van der Waals surface area contributed by atoms with Crippen molar-refractivity contribution in [2.24, 2.45) is 5.73 Å². The molecule has 1 aromatic rings. The van der Waals surface area contributed by atoms with Crippen molar-refractivity contribution >= 4 is 23.2 Å². The van der Waals surface area contributed by atoms with Crippen LogP contribution in [0.15, 0.2) is 11.4 Å². The van der Waals surface area contributed by atoms with E-state index in [0.717, 1.165) is 5.56 Å². The van der Waals surface area contributed by atoms with Gasteiger partial charge in [0.25, 0.3) is 5.91 Å². The third-order valence-corrected chi connectivity index (χ3v) is 2.51. The summed E-state index contributed by atoms with van der Waals surface area (Å²) in [6.45, 7) is 1.73. The van der Waals surface area contributed by atoms with Crippen LogP contribution in [-0.2, 0) is 4.79 Å². The fourth-order valence-electron chi connectivity index (χ4n) is 0.853. The molecule has 0 unspecified atom stereocenters. The van der Waals surface area contributed by atoms with Crippen LogP contribution >= 0.6 is 11.3 Å². The van der Waals surface area contributed by atoms with E-state index >= 15 is 0 Å². The lowest BCUT2D eigenvalue weighted by Crippen LogP contribution is -2.33. The second-order valence-corrected chi connectivity index (χ2v) is 3.50. The molecule has 0 fully saturated rings. The van der Waals surface area contributed by atoms with E-state index in [0.29, 0.717) is 4.88 Å². The smallest absolute Gasteiger partial charge is 0.262 e. The average molecular weight is 198 g/mol. The SMILES string of the molecule is Cc1ccsc1C(=O)NCC(N)=O. The summed E-state index contributed by atoms with van der Waals surface area (Å²) in [6.07, 6.45) is 0. The predicted octanol–water partition coefficient (Wildman–Crippen LogP) is 0.272. The molecule has 70 valence electrons. The molecule has 0 aliphatic carbocycles. The molecule has 1 heterocycles. The Labute approximate surface area is 79.7 Å². The number of amides is 2. The number of aryl methyl sites for hydroxylation is 1. The van der Waals surface area contributed by atoms with E-state index in [4.69, 9.17) is 5.73 Å². The fraction of sp³-hybridized carbons (Fsp3) is 0.250. The Balaban J connectivity index is 2.59. The summed E-state index contributed by atoms with van der Waals surface area (Å²) in [4.78, 5) is 22.3. The minimum absolute atomic E-state index is 0.115. The summed E-state index contributed by atoms with van der Waals surface area (Å²) >= 11 is 1.35. The molecule has 0 aliphatic heterocycles. The van der Waals surface area contributed by atoms with Crippen LogP contribution in [0.3, 0.4) is 0 Å². The molecule has 0 radical (unpaired) electrons. The van der Waals surface area contributed by atoms with Gasteiger partial charge in [-0.25, -0.2) is 0 Å². The summed E-state index contributed by atoms with van der Waals surface area (Å²) in [5.74, 6) is -0.783. The van der Waals surface area contributed by atoms with Crippen molar-refractivity contribution < 1.29 is 9.59 Å². The van der Waals surface area contributed by atoms with Gasteiger partial charge in [-0.1, -0.05) is 0 Å². The van der Waals surface area contributed by atoms with Crippen LogP contribution in [0.1, 0.15) is 15.2 Å². The van der Waals surface area contributed by atoms with E-state index in [1.165, 1.54) is 11.3 Å². The van der Waals surface area contributed by atoms with Gasteiger partial charge < -0.3 is 11.1 Å². The van der Waals surface area contributed by atoms with E-state index in [1.807, 2.05) is 18.4 Å². The van der Waals surface area contributed by atoms with Crippen molar-refractivity contribution in [1.29, 1.82) is 0 Å². The van der Waals surface area contributed by atoms with Crippen LogP contribution in [0, 0.1) is 6.92 Å². The molecule has 0 saturated carbocycles. The Morgan fingerprint density at radius 2 is 2.31 bits per heavy atom. The molecule has 0 aromatic carbocycles. The Morgan fingerprint density at radius 1 is 1.62 bits per heavy atom. The maximum atomic E-state index is 11.3. The topological polar surface area (TPSA) is 72.2 Å². The van der Waals surface area contributed by atoms with Gasteiger partial charge in [0.2, 0.25) is 5.91 Å². The van der Waals surface area contributed by atoms with E-state index < -0.39 is 5.91 Å². The predicted molar refractivity (Wildman–Crippen MR) is 50.6 cm³/mol. The molecular formula is C8H10N2O2S. The molecule has 0 spiro atoms. The lowest BCUT2D eigenvalue weighted by Gasteiger charge is -2.00. The normalized spacial score (nSPS) is 9.62. The highest BCUT2D eigenvalue weighted by atomic mass is 32.1. The van der Waals surface area contributed by atoms with E-state index in [9.17, 15) is 9.59 Å². The van der Waals surface area contributed by atoms with Crippen LogP contribution < -0.4 is 11.1 Å². The zero-order chi connectivity index (χ0) is 9.84. The first-order chi connectivity index (χ1) is 6.11. The largest absolute Gasteiger partial charge is 0.368 e. The summed E-state index contributed by atoms with van der Waals surface area (Å²) in [5, 5.41) is 4.25. The fourth-order valence-corrected chi connectivity index (χ4v) is 1.69. The number of rotatable bonds is 3. The lowest BCUT2D eigenvalue weighted by atomic mass is 10.3. The standard InChI is InChI=1S/C8H10N2O2S/c1-5-2-3-13-7(5)8(12)10-4-6(9)11/h2-3H,4H2,1H3,(H2,9,11)(H,10,12). The molecule has 1 aromatic heterocycles. The van der Waals surface area contributed by atoms with Gasteiger partial charge in [-0.15, -0.1) is 11.3 Å². The van der Waals surface area contributed by atoms with Crippen molar-refractivity contribution in [2.75, 3.05) is 6.54 Å². The Hall–Kier alpha value is -1.36. The molecule has 13 heavy (non-hydrogen) atoms. The number of hydrogen-bond donors (Lipinski definition) is 2. The monoisotopic (exact) mass is 198 g/mol. The minimum atomic E-state index is -0.539. The van der Waals surface area contributed by atoms with Gasteiger partial charge in [0.05, 0.1) is 11.4 Å². The third kappa shape index (κ3) is 2.55. The van der Waals surface area contributed by atoms with E-state index in [-0.39, 0.29) is 12.5 Å². The molecule has 4 nitrogen and oxygen atoms in total. The molecule has 0 bridgehead atoms. The quantitative estimate of drug-likeness (QED) is 0.731. The van der Waals surface area contributed by atoms with Crippen molar-refractivity contribution in [3.63, 3.8) is 0 Å². The zero-order valence-corrected chi connectivity index (χ0v) is 7.98. The number of hydrogen-bond acceptors (Lipinski definition) is 3. The summed E-state index contributed by atoms with van der Waals surface area (Å²) < 4.78 is 0. The first kappa shape index (κ1) is 9.73. The first-order valence-electron chi connectivity index (χ1n) is 3.72. The number of carbonyl (C=O) groups is 2. The van der Waals surface area contributed by atoms with Crippen molar-refractivity contribution in [2.45, 2.75) is 6.92 Å². The van der Waals surface area contributed by atoms with Crippen LogP contribution in [0.5, 0.6) is 0 Å². The highest BCUT2D eigenvalue weighted by Crippen LogP contribution is 2.14. The Kier molecular flexibility index (Phi) is 3.02. The van der Waals surface area contributed by atoms with Crippen LogP contribution in [-0.4, -0.2) is 18.4 Å². The van der Waals surface area contributed by atoms with Gasteiger partial charge in [-0.3, -0.25) is 9.59 Å². The molecular weight excluding hydrogens is 188 g/mol. The van der Waals surface area contributed by atoms with Gasteiger partial charge in [-0.05, 0) is 23.9 Å². The highest BCUT2D eigenvalue weighted by Gasteiger charge is 2.09. The highest BCUT2D eigenvalue weighted by molar-refractivity contribution is 7.12. The van der Waals surface area contributed by atoms with Crippen molar-refractivity contribution in [1.82, 2.24) is 5.32 Å². The number of nitrogens with two attached hydrogens (primary N) is 1. The maximum Gasteiger partial charge on any atom is 0.262 e. The van der Waals surface area contributed by atoms with Gasteiger partial charge in [-0.2, -0.15) is 0 Å². The summed E-state index contributed by atoms with van der Waals surface area (Å²) in [5.41, 5.74) is 5.79. The van der Waals surface area contributed by atoms with Gasteiger partial charge in [0, 0.05) is 0 Å². The number of carbonyl (C=O) groups excluding carboxylic acids is 2. The molecule has 3 N–H and O–H groups in total. The molecule has 1 rings (SSSR count). The molecule has 2 amide bonds. The number of nitrogens with one attached hydrogen (secondary N) is 1. The van der Waals surface area contributed by atoms with Crippen LogP contribution in [0.25, 0.3) is 0 Å². The van der Waals surface area contributed by atoms with E-state index in [1.54, 1.807) is 0 Å². The van der Waals surface area contributed by atoms with Gasteiger partial charge in [0.1, 0.15) is 0 Å². The number of primary amides is 1. The van der Waals surface area contributed by atoms with Crippen LogP contribution in [0.4, 0.5) is 0 Å². The first-order valence-corrected chi connectivity index (χ1v) is 4.60. The summed E-state index contributed by atoms with van der Waals surface area (Å²) in [7, 11) is 0. The Bertz CT molecular complexity index is 333. The molecule has 5 heteroatoms. The molecule has 0 saturated heterocycles. The third-order valence-electron chi connectivity index (χ3n) is 1.49. The maximum absolute atomic E-state index is 11.3. The minimum Gasteiger partial charge on any atom is -0.368 e. The lowest BCUT2D eigenvalue weighted by molar-refractivity contribution is -0.117. The average Bonchev–Trinajstić information content (AvgIpc) is 2.47. The van der Waals surface area contributed by atoms with Gasteiger partial charge >= 0.3 is 0 Å². The Morgan fingerprint density at radius 3 is 2.77 bits per heavy atom.